The van der Waals surface area contributed by atoms with Crippen molar-refractivity contribution >= 4 is 23.2 Å². The SMILES string of the molecule is c1ccc(CCOc2ccccc2C[P+](c2ccccc2)(c2ccccc2)c2ccccc2)cc1. The normalized spacial score (nSPS) is 11.2. The molecule has 0 saturated carbocycles. The van der Waals surface area contributed by atoms with Crippen LogP contribution >= 0.6 is 7.26 Å². The van der Waals surface area contributed by atoms with Gasteiger partial charge in [0.2, 0.25) is 0 Å². The average molecular weight is 474 g/mol. The molecule has 0 fully saturated rings. The van der Waals surface area contributed by atoms with E-state index in [9.17, 15) is 0 Å². The fraction of sp³-hybridized carbons (Fsp3) is 0.0909. The van der Waals surface area contributed by atoms with Crippen LogP contribution in [0.5, 0.6) is 5.75 Å². The van der Waals surface area contributed by atoms with E-state index >= 15 is 0 Å². The molecule has 0 unspecified atom stereocenters. The Balaban J connectivity index is 1.56. The first-order valence-corrected chi connectivity index (χ1v) is 14.1. The molecular formula is C33H30OP+. The van der Waals surface area contributed by atoms with Gasteiger partial charge in [-0.1, -0.05) is 103 Å². The molecule has 0 bridgehead atoms. The molecular weight excluding hydrogens is 443 g/mol. The van der Waals surface area contributed by atoms with Crippen LogP contribution in [-0.4, -0.2) is 6.61 Å². The Kier molecular flexibility index (Phi) is 7.37. The monoisotopic (exact) mass is 473 g/mol. The van der Waals surface area contributed by atoms with Crippen molar-refractivity contribution in [2.45, 2.75) is 12.6 Å². The van der Waals surface area contributed by atoms with E-state index in [0.29, 0.717) is 6.61 Å². The molecule has 0 aliphatic carbocycles. The lowest BCUT2D eigenvalue weighted by atomic mass is 10.2. The van der Waals surface area contributed by atoms with E-state index in [1.807, 2.05) is 0 Å². The van der Waals surface area contributed by atoms with Crippen LogP contribution in [0.1, 0.15) is 11.1 Å². The maximum absolute atomic E-state index is 6.41. The Morgan fingerprint density at radius 2 is 0.886 bits per heavy atom. The highest BCUT2D eigenvalue weighted by atomic mass is 31.2. The Hall–Kier alpha value is -3.67. The second kappa shape index (κ2) is 11.2. The number of hydrogen-bond acceptors (Lipinski definition) is 1. The first-order chi connectivity index (χ1) is 17.4. The Bertz CT molecular complexity index is 1220. The minimum atomic E-state index is -1.97. The average Bonchev–Trinajstić information content (AvgIpc) is 2.94. The summed E-state index contributed by atoms with van der Waals surface area (Å²) in [5, 5.41) is 4.16. The Morgan fingerprint density at radius 1 is 0.457 bits per heavy atom. The summed E-state index contributed by atoms with van der Waals surface area (Å²) in [6, 6.07) is 52.2. The topological polar surface area (TPSA) is 9.23 Å². The molecule has 0 amide bonds. The highest BCUT2D eigenvalue weighted by molar-refractivity contribution is 7.95. The maximum atomic E-state index is 6.41. The highest BCUT2D eigenvalue weighted by Crippen LogP contribution is 2.58. The summed E-state index contributed by atoms with van der Waals surface area (Å²) in [5.74, 6) is 0.982. The molecule has 35 heavy (non-hydrogen) atoms. The van der Waals surface area contributed by atoms with E-state index in [1.165, 1.54) is 27.0 Å². The van der Waals surface area contributed by atoms with Crippen molar-refractivity contribution in [3.05, 3.63) is 157 Å². The lowest BCUT2D eigenvalue weighted by molar-refractivity contribution is 0.319. The first kappa shape index (κ1) is 23.1. The number of rotatable bonds is 9. The van der Waals surface area contributed by atoms with Gasteiger partial charge in [0.05, 0.1) is 6.61 Å². The van der Waals surface area contributed by atoms with Crippen LogP contribution in [0.4, 0.5) is 0 Å². The van der Waals surface area contributed by atoms with Gasteiger partial charge in [-0.25, -0.2) is 0 Å². The van der Waals surface area contributed by atoms with Crippen LogP contribution in [0.2, 0.25) is 0 Å². The van der Waals surface area contributed by atoms with Gasteiger partial charge in [-0.05, 0) is 48.0 Å². The summed E-state index contributed by atoms with van der Waals surface area (Å²) >= 11 is 0. The standard InChI is InChI=1S/C33H30OP/c1-5-15-28(16-6-1)25-26-34-33-24-14-13-17-29(33)27-35(30-18-7-2-8-19-30,31-20-9-3-10-21-31)32-22-11-4-12-23-32/h1-24H,25-27H2/q+1. The molecule has 0 radical (unpaired) electrons. The van der Waals surface area contributed by atoms with Crippen molar-refractivity contribution in [1.29, 1.82) is 0 Å². The van der Waals surface area contributed by atoms with Crippen LogP contribution in [-0.2, 0) is 12.6 Å². The summed E-state index contributed by atoms with van der Waals surface area (Å²) in [6.07, 6.45) is 1.80. The van der Waals surface area contributed by atoms with Crippen LogP contribution in [0.3, 0.4) is 0 Å². The highest BCUT2D eigenvalue weighted by Gasteiger charge is 2.45. The predicted octanol–water partition coefficient (Wildman–Crippen LogP) is 6.80. The zero-order valence-electron chi connectivity index (χ0n) is 19.8. The van der Waals surface area contributed by atoms with Crippen LogP contribution in [0.15, 0.2) is 146 Å². The molecule has 1 nitrogen and oxygen atoms in total. The molecule has 0 spiro atoms. The van der Waals surface area contributed by atoms with Gasteiger partial charge >= 0.3 is 0 Å². The van der Waals surface area contributed by atoms with E-state index < -0.39 is 7.26 Å². The van der Waals surface area contributed by atoms with Gasteiger partial charge in [-0.2, -0.15) is 0 Å². The largest absolute Gasteiger partial charge is 0.493 e. The molecule has 0 saturated heterocycles. The van der Waals surface area contributed by atoms with Crippen LogP contribution < -0.4 is 20.7 Å². The van der Waals surface area contributed by atoms with Crippen molar-refractivity contribution in [2.75, 3.05) is 6.61 Å². The van der Waals surface area contributed by atoms with Crippen LogP contribution in [0.25, 0.3) is 0 Å². The summed E-state index contributed by atoms with van der Waals surface area (Å²) < 4.78 is 6.41. The summed E-state index contributed by atoms with van der Waals surface area (Å²) in [7, 11) is -1.97. The number of para-hydroxylation sites is 1. The molecule has 0 N–H and O–H groups in total. The molecule has 0 atom stereocenters. The third-order valence-corrected chi connectivity index (χ3v) is 10.8. The van der Waals surface area contributed by atoms with Gasteiger partial charge in [-0.3, -0.25) is 0 Å². The first-order valence-electron chi connectivity index (χ1n) is 12.2. The number of hydrogen-bond donors (Lipinski definition) is 0. The van der Waals surface area contributed by atoms with Crippen molar-refractivity contribution in [1.82, 2.24) is 0 Å². The van der Waals surface area contributed by atoms with Crippen molar-refractivity contribution in [2.24, 2.45) is 0 Å². The maximum Gasteiger partial charge on any atom is 0.126 e. The third kappa shape index (κ3) is 5.21. The second-order valence-corrected chi connectivity index (χ2v) is 12.2. The van der Waals surface area contributed by atoms with Crippen molar-refractivity contribution in [3.63, 3.8) is 0 Å². The van der Waals surface area contributed by atoms with Gasteiger partial charge in [-0.15, -0.1) is 0 Å². The zero-order chi connectivity index (χ0) is 23.8. The fourth-order valence-electron chi connectivity index (χ4n) is 4.72. The zero-order valence-corrected chi connectivity index (χ0v) is 20.7. The third-order valence-electron chi connectivity index (χ3n) is 6.46. The molecule has 5 aromatic carbocycles. The lowest BCUT2D eigenvalue weighted by Crippen LogP contribution is -2.32. The molecule has 5 rings (SSSR count). The molecule has 2 heteroatoms. The number of benzene rings is 5. The van der Waals surface area contributed by atoms with Crippen LogP contribution in [0, 0.1) is 0 Å². The fourth-order valence-corrected chi connectivity index (χ4v) is 8.98. The van der Waals surface area contributed by atoms with E-state index in [2.05, 4.69) is 146 Å². The van der Waals surface area contributed by atoms with Gasteiger partial charge in [0.25, 0.3) is 0 Å². The van der Waals surface area contributed by atoms with E-state index in [0.717, 1.165) is 18.3 Å². The predicted molar refractivity (Wildman–Crippen MR) is 151 cm³/mol. The molecule has 0 heterocycles. The van der Waals surface area contributed by atoms with E-state index in [-0.39, 0.29) is 0 Å². The molecule has 0 aromatic heterocycles. The lowest BCUT2D eigenvalue weighted by Gasteiger charge is -2.28. The minimum Gasteiger partial charge on any atom is -0.493 e. The number of ether oxygens (including phenoxy) is 1. The molecule has 0 aliphatic rings. The van der Waals surface area contributed by atoms with Gasteiger partial charge in [0, 0.05) is 12.0 Å². The van der Waals surface area contributed by atoms with Crippen molar-refractivity contribution < 1.29 is 4.74 Å². The molecule has 0 aliphatic heterocycles. The smallest absolute Gasteiger partial charge is 0.126 e. The summed E-state index contributed by atoms with van der Waals surface area (Å²) in [6.45, 7) is 0.661. The van der Waals surface area contributed by atoms with Gasteiger partial charge < -0.3 is 4.74 Å². The Labute approximate surface area is 209 Å². The summed E-state index contributed by atoms with van der Waals surface area (Å²) in [4.78, 5) is 0. The Morgan fingerprint density at radius 3 is 1.40 bits per heavy atom. The molecule has 172 valence electrons. The van der Waals surface area contributed by atoms with Gasteiger partial charge in [0.15, 0.2) is 0 Å². The van der Waals surface area contributed by atoms with E-state index in [4.69, 9.17) is 4.74 Å². The second-order valence-electron chi connectivity index (χ2n) is 8.67. The molecule has 5 aromatic rings. The van der Waals surface area contributed by atoms with E-state index in [1.54, 1.807) is 0 Å². The van der Waals surface area contributed by atoms with Crippen molar-refractivity contribution in [3.8, 4) is 5.75 Å². The minimum absolute atomic E-state index is 0.661. The summed E-state index contributed by atoms with van der Waals surface area (Å²) in [5.41, 5.74) is 2.55. The van der Waals surface area contributed by atoms with Gasteiger partial charge in [0.1, 0.15) is 35.1 Å². The quantitative estimate of drug-likeness (QED) is 0.214.